The monoisotopic (exact) mass is 338 g/mol. The Morgan fingerprint density at radius 3 is 2.12 bits per heavy atom. The van der Waals surface area contributed by atoms with Crippen molar-refractivity contribution in [2.45, 2.75) is 20.8 Å². The van der Waals surface area contributed by atoms with Gasteiger partial charge in [0.1, 0.15) is 5.82 Å². The normalized spacial score (nSPS) is 11.3. The number of rotatable bonds is 6. The van der Waals surface area contributed by atoms with Crippen molar-refractivity contribution < 1.29 is 9.59 Å². The van der Waals surface area contributed by atoms with Crippen LogP contribution in [0.25, 0.3) is 0 Å². The van der Waals surface area contributed by atoms with Crippen LogP contribution < -0.4 is 10.7 Å². The van der Waals surface area contributed by atoms with Gasteiger partial charge in [0.2, 0.25) is 0 Å². The van der Waals surface area contributed by atoms with E-state index in [1.807, 2.05) is 32.9 Å². The summed E-state index contributed by atoms with van der Waals surface area (Å²) in [7, 11) is 1.60. The third-order valence-corrected chi connectivity index (χ3v) is 3.70. The number of nitrogens with zero attached hydrogens (tertiary/aromatic N) is 2. The molecule has 6 heteroatoms. The molecule has 0 aliphatic carbocycles. The van der Waals surface area contributed by atoms with Gasteiger partial charge >= 0.3 is 0 Å². The summed E-state index contributed by atoms with van der Waals surface area (Å²) in [4.78, 5) is 27.6. The Kier molecular flexibility index (Phi) is 6.00. The first-order valence-electron chi connectivity index (χ1n) is 8.05. The fourth-order valence-electron chi connectivity index (χ4n) is 2.15. The summed E-state index contributed by atoms with van der Waals surface area (Å²) < 4.78 is 0. The van der Waals surface area contributed by atoms with E-state index in [-0.39, 0.29) is 17.6 Å². The van der Waals surface area contributed by atoms with E-state index in [0.29, 0.717) is 16.9 Å². The van der Waals surface area contributed by atoms with Crippen LogP contribution in [0.2, 0.25) is 0 Å². The first kappa shape index (κ1) is 18.3. The summed E-state index contributed by atoms with van der Waals surface area (Å²) in [5.41, 5.74) is 5.71. The SMILES string of the molecule is CNC(=O)c1ccc(/C(C)=N/Nc2ccc(C(=O)C(C)C)cn2)cc1. The molecule has 6 nitrogen and oxygen atoms in total. The third kappa shape index (κ3) is 4.73. The lowest BCUT2D eigenvalue weighted by Crippen LogP contribution is -2.17. The highest BCUT2D eigenvalue weighted by molar-refractivity contribution is 6.01. The van der Waals surface area contributed by atoms with Crippen LogP contribution in [0.4, 0.5) is 5.82 Å². The summed E-state index contributed by atoms with van der Waals surface area (Å²) >= 11 is 0. The number of hydrazone groups is 1. The van der Waals surface area contributed by atoms with Crippen molar-refractivity contribution in [3.05, 3.63) is 59.3 Å². The van der Waals surface area contributed by atoms with Gasteiger partial charge in [-0.05, 0) is 36.8 Å². The number of carbonyl (C=O) groups excluding carboxylic acids is 2. The van der Waals surface area contributed by atoms with Crippen LogP contribution in [0.5, 0.6) is 0 Å². The van der Waals surface area contributed by atoms with Gasteiger partial charge in [0.05, 0.1) is 5.71 Å². The largest absolute Gasteiger partial charge is 0.355 e. The quantitative estimate of drug-likeness (QED) is 0.481. The molecule has 2 aromatic rings. The highest BCUT2D eigenvalue weighted by Crippen LogP contribution is 2.11. The number of amides is 1. The van der Waals surface area contributed by atoms with E-state index in [4.69, 9.17) is 0 Å². The molecule has 25 heavy (non-hydrogen) atoms. The van der Waals surface area contributed by atoms with Crippen molar-refractivity contribution in [1.82, 2.24) is 10.3 Å². The first-order valence-corrected chi connectivity index (χ1v) is 8.05. The smallest absolute Gasteiger partial charge is 0.251 e. The molecule has 0 unspecified atom stereocenters. The highest BCUT2D eigenvalue weighted by Gasteiger charge is 2.10. The van der Waals surface area contributed by atoms with Crippen molar-refractivity contribution in [2.24, 2.45) is 11.0 Å². The number of ketones is 1. The number of carbonyl (C=O) groups is 2. The topological polar surface area (TPSA) is 83.5 Å². The number of hydrogen-bond acceptors (Lipinski definition) is 5. The zero-order chi connectivity index (χ0) is 18.4. The molecular formula is C19H22N4O2. The van der Waals surface area contributed by atoms with Gasteiger partial charge < -0.3 is 5.32 Å². The van der Waals surface area contributed by atoms with Crippen molar-refractivity contribution in [3.63, 3.8) is 0 Å². The fourth-order valence-corrected chi connectivity index (χ4v) is 2.15. The highest BCUT2D eigenvalue weighted by atomic mass is 16.1. The van der Waals surface area contributed by atoms with Gasteiger partial charge in [0, 0.05) is 30.3 Å². The summed E-state index contributed by atoms with van der Waals surface area (Å²) in [6, 6.07) is 10.6. The van der Waals surface area contributed by atoms with E-state index in [9.17, 15) is 9.59 Å². The maximum Gasteiger partial charge on any atom is 0.251 e. The maximum atomic E-state index is 11.9. The molecule has 0 spiro atoms. The third-order valence-electron chi connectivity index (χ3n) is 3.70. The van der Waals surface area contributed by atoms with Crippen molar-refractivity contribution >= 4 is 23.2 Å². The average molecular weight is 338 g/mol. The minimum absolute atomic E-state index is 0.0568. The van der Waals surface area contributed by atoms with Gasteiger partial charge in [-0.15, -0.1) is 0 Å². The molecule has 0 atom stereocenters. The fraction of sp³-hybridized carbons (Fsp3) is 0.263. The molecule has 2 rings (SSSR count). The second-order valence-electron chi connectivity index (χ2n) is 5.92. The lowest BCUT2D eigenvalue weighted by Gasteiger charge is -2.06. The molecule has 0 saturated carbocycles. The number of Topliss-reactive ketones (excluding diaryl/α,β-unsaturated/α-hetero) is 1. The summed E-state index contributed by atoms with van der Waals surface area (Å²) in [6.45, 7) is 5.58. The number of benzene rings is 1. The van der Waals surface area contributed by atoms with E-state index in [2.05, 4.69) is 20.8 Å². The number of anilines is 1. The lowest BCUT2D eigenvalue weighted by molar-refractivity contribution is 0.0937. The molecule has 2 N–H and O–H groups in total. The molecule has 130 valence electrons. The van der Waals surface area contributed by atoms with Crippen molar-refractivity contribution in [2.75, 3.05) is 12.5 Å². The van der Waals surface area contributed by atoms with Gasteiger partial charge in [-0.25, -0.2) is 4.98 Å². The molecule has 0 aliphatic heterocycles. The zero-order valence-corrected chi connectivity index (χ0v) is 14.8. The van der Waals surface area contributed by atoms with Crippen LogP contribution in [-0.4, -0.2) is 29.4 Å². The molecule has 0 saturated heterocycles. The molecule has 1 aromatic heterocycles. The molecular weight excluding hydrogens is 316 g/mol. The Hall–Kier alpha value is -3.02. The Bertz CT molecular complexity index is 778. The Labute approximate surface area is 147 Å². The summed E-state index contributed by atoms with van der Waals surface area (Å²) in [5, 5.41) is 6.87. The van der Waals surface area contributed by atoms with Gasteiger partial charge in [-0.3, -0.25) is 15.0 Å². The van der Waals surface area contributed by atoms with Gasteiger partial charge in [0.15, 0.2) is 5.78 Å². The van der Waals surface area contributed by atoms with Crippen LogP contribution in [-0.2, 0) is 0 Å². The van der Waals surface area contributed by atoms with E-state index in [1.165, 1.54) is 0 Å². The summed E-state index contributed by atoms with van der Waals surface area (Å²) in [5.74, 6) is 0.440. The average Bonchev–Trinajstić information content (AvgIpc) is 2.65. The van der Waals surface area contributed by atoms with Crippen LogP contribution in [0.3, 0.4) is 0 Å². The zero-order valence-electron chi connectivity index (χ0n) is 14.8. The molecule has 0 fully saturated rings. The number of aromatic nitrogens is 1. The minimum atomic E-state index is -0.125. The number of nitrogens with one attached hydrogen (secondary N) is 2. The van der Waals surface area contributed by atoms with Gasteiger partial charge in [-0.1, -0.05) is 26.0 Å². The van der Waals surface area contributed by atoms with E-state index < -0.39 is 0 Å². The number of pyridine rings is 1. The Morgan fingerprint density at radius 2 is 1.60 bits per heavy atom. The molecule has 1 amide bonds. The summed E-state index contributed by atoms with van der Waals surface area (Å²) in [6.07, 6.45) is 1.55. The van der Waals surface area contributed by atoms with Crippen LogP contribution in [0.1, 0.15) is 47.1 Å². The lowest BCUT2D eigenvalue weighted by atomic mass is 10.0. The van der Waals surface area contributed by atoms with Crippen LogP contribution in [0, 0.1) is 5.92 Å². The Balaban J connectivity index is 2.05. The van der Waals surface area contributed by atoms with Gasteiger partial charge in [0.25, 0.3) is 5.91 Å². The Morgan fingerprint density at radius 1 is 1.00 bits per heavy atom. The molecule has 1 heterocycles. The predicted octanol–water partition coefficient (Wildman–Crippen LogP) is 3.12. The van der Waals surface area contributed by atoms with E-state index in [0.717, 1.165) is 11.3 Å². The number of hydrogen-bond donors (Lipinski definition) is 2. The predicted molar refractivity (Wildman–Crippen MR) is 99.1 cm³/mol. The molecule has 1 aromatic carbocycles. The molecule has 0 bridgehead atoms. The van der Waals surface area contributed by atoms with Crippen molar-refractivity contribution in [1.29, 1.82) is 0 Å². The minimum Gasteiger partial charge on any atom is -0.355 e. The van der Waals surface area contributed by atoms with Crippen LogP contribution >= 0.6 is 0 Å². The second kappa shape index (κ2) is 8.19. The van der Waals surface area contributed by atoms with Gasteiger partial charge in [-0.2, -0.15) is 5.10 Å². The molecule has 0 aliphatic rings. The van der Waals surface area contributed by atoms with Crippen molar-refractivity contribution in [3.8, 4) is 0 Å². The van der Waals surface area contributed by atoms with Crippen LogP contribution in [0.15, 0.2) is 47.7 Å². The second-order valence-corrected chi connectivity index (χ2v) is 5.92. The maximum absolute atomic E-state index is 11.9. The standard InChI is InChI=1S/C19H22N4O2/c1-12(2)18(24)16-9-10-17(21-11-16)23-22-13(3)14-5-7-15(8-6-14)19(25)20-4/h5-12H,1-4H3,(H,20,25)(H,21,23)/b22-13+. The molecule has 0 radical (unpaired) electrons. The first-order chi connectivity index (χ1) is 11.9. The van der Waals surface area contributed by atoms with E-state index >= 15 is 0 Å². The van der Waals surface area contributed by atoms with E-state index in [1.54, 1.807) is 37.5 Å².